The predicted octanol–water partition coefficient (Wildman–Crippen LogP) is 2.10. The van der Waals surface area contributed by atoms with Gasteiger partial charge in [0, 0.05) is 29.8 Å². The zero-order valence-electron chi connectivity index (χ0n) is 8.59. The van der Waals surface area contributed by atoms with E-state index in [2.05, 4.69) is 28.6 Å². The number of H-pyrrole nitrogens is 1. The summed E-state index contributed by atoms with van der Waals surface area (Å²) in [6, 6.07) is 1.25. The van der Waals surface area contributed by atoms with Crippen LogP contribution in [0, 0.1) is 0 Å². The van der Waals surface area contributed by atoms with E-state index in [4.69, 9.17) is 0 Å². The molecule has 0 spiro atoms. The van der Waals surface area contributed by atoms with Gasteiger partial charge in [-0.15, -0.1) is 0 Å². The minimum absolute atomic E-state index is 0.574. The number of piperidine rings is 1. The fraction of sp³-hybridized carbons (Fsp3) is 0.727. The first-order valence-corrected chi connectivity index (χ1v) is 5.69. The van der Waals surface area contributed by atoms with Crippen LogP contribution in [0.15, 0.2) is 6.20 Å². The van der Waals surface area contributed by atoms with E-state index in [1.54, 1.807) is 0 Å². The third-order valence-corrected chi connectivity index (χ3v) is 3.78. The Bertz CT molecular complexity index is 331. The molecule has 3 atom stereocenters. The van der Waals surface area contributed by atoms with Gasteiger partial charge in [0.25, 0.3) is 0 Å². The second-order valence-corrected chi connectivity index (χ2v) is 4.50. The summed E-state index contributed by atoms with van der Waals surface area (Å²) in [6.45, 7) is 2.26. The van der Waals surface area contributed by atoms with Gasteiger partial charge in [-0.3, -0.25) is 5.10 Å². The number of nitrogens with zero attached hydrogens (tertiary/aromatic N) is 1. The molecule has 14 heavy (non-hydrogen) atoms. The standard InChI is InChI=1S/C11H17N3/c1-2-7-9-4-3-5-10(13-9)8-6-12-14-11(7)8/h6-7,9-10,13H,2-5H2,1H3,(H,12,14). The zero-order chi connectivity index (χ0) is 9.54. The van der Waals surface area contributed by atoms with Crippen LogP contribution in [0.2, 0.25) is 0 Å². The maximum absolute atomic E-state index is 4.43. The van der Waals surface area contributed by atoms with Gasteiger partial charge in [-0.25, -0.2) is 0 Å². The van der Waals surface area contributed by atoms with E-state index >= 15 is 0 Å². The highest BCUT2D eigenvalue weighted by Crippen LogP contribution is 2.40. The highest BCUT2D eigenvalue weighted by Gasteiger charge is 2.37. The molecule has 1 aromatic heterocycles. The van der Waals surface area contributed by atoms with Gasteiger partial charge in [0.2, 0.25) is 0 Å². The maximum Gasteiger partial charge on any atom is 0.0716 e. The Balaban J connectivity index is 2.05. The number of aromatic nitrogens is 2. The molecule has 3 nitrogen and oxygen atoms in total. The quantitative estimate of drug-likeness (QED) is 0.713. The van der Waals surface area contributed by atoms with Crippen molar-refractivity contribution < 1.29 is 0 Å². The SMILES string of the molecule is CCC1c2n[nH]cc2C2CCCC1N2. The summed E-state index contributed by atoms with van der Waals surface area (Å²) in [4.78, 5) is 0. The minimum Gasteiger partial charge on any atom is -0.306 e. The monoisotopic (exact) mass is 191 g/mol. The molecule has 2 aliphatic heterocycles. The lowest BCUT2D eigenvalue weighted by Gasteiger charge is -2.40. The topological polar surface area (TPSA) is 40.7 Å². The second-order valence-electron chi connectivity index (χ2n) is 4.50. The average Bonchev–Trinajstić information content (AvgIpc) is 2.68. The van der Waals surface area contributed by atoms with E-state index in [1.165, 1.54) is 36.9 Å². The van der Waals surface area contributed by atoms with Crippen molar-refractivity contribution in [3.63, 3.8) is 0 Å². The lowest BCUT2D eigenvalue weighted by molar-refractivity contribution is 0.258. The highest BCUT2D eigenvalue weighted by atomic mass is 15.1. The van der Waals surface area contributed by atoms with Crippen LogP contribution in [0.4, 0.5) is 0 Å². The van der Waals surface area contributed by atoms with Crippen LogP contribution in [0.3, 0.4) is 0 Å². The number of nitrogens with one attached hydrogen (secondary N) is 2. The van der Waals surface area contributed by atoms with Crippen molar-refractivity contribution in [2.24, 2.45) is 0 Å². The van der Waals surface area contributed by atoms with Crippen molar-refractivity contribution in [2.75, 3.05) is 0 Å². The average molecular weight is 191 g/mol. The third kappa shape index (κ3) is 1.05. The van der Waals surface area contributed by atoms with Crippen LogP contribution in [0.25, 0.3) is 0 Å². The molecule has 3 heterocycles. The van der Waals surface area contributed by atoms with Gasteiger partial charge in [-0.2, -0.15) is 5.10 Å². The largest absolute Gasteiger partial charge is 0.306 e. The van der Waals surface area contributed by atoms with Crippen molar-refractivity contribution in [3.05, 3.63) is 17.5 Å². The lowest BCUT2D eigenvalue weighted by Crippen LogP contribution is -2.45. The van der Waals surface area contributed by atoms with E-state index in [0.29, 0.717) is 18.0 Å². The van der Waals surface area contributed by atoms with Crippen molar-refractivity contribution in [2.45, 2.75) is 50.6 Å². The molecule has 2 aliphatic rings. The summed E-state index contributed by atoms with van der Waals surface area (Å²) < 4.78 is 0. The Labute approximate surface area is 84.3 Å². The second kappa shape index (κ2) is 3.09. The van der Waals surface area contributed by atoms with Crippen LogP contribution in [0.1, 0.15) is 55.8 Å². The van der Waals surface area contributed by atoms with E-state index in [1.807, 2.05) is 0 Å². The highest BCUT2D eigenvalue weighted by molar-refractivity contribution is 5.30. The normalized spacial score (nSPS) is 35.4. The van der Waals surface area contributed by atoms with Gasteiger partial charge in [-0.05, 0) is 25.7 Å². The molecule has 1 aromatic rings. The predicted molar refractivity (Wildman–Crippen MR) is 55.1 cm³/mol. The number of rotatable bonds is 1. The first-order valence-electron chi connectivity index (χ1n) is 5.69. The molecule has 0 saturated carbocycles. The van der Waals surface area contributed by atoms with E-state index in [-0.39, 0.29) is 0 Å². The molecule has 0 radical (unpaired) electrons. The molecule has 3 unspecified atom stereocenters. The summed E-state index contributed by atoms with van der Waals surface area (Å²) in [7, 11) is 0. The van der Waals surface area contributed by atoms with Gasteiger partial charge in [0.15, 0.2) is 0 Å². The van der Waals surface area contributed by atoms with E-state index in [9.17, 15) is 0 Å². The first-order chi connectivity index (χ1) is 6.90. The van der Waals surface area contributed by atoms with E-state index in [0.717, 1.165) is 0 Å². The third-order valence-electron chi connectivity index (χ3n) is 3.78. The number of hydrogen-bond acceptors (Lipinski definition) is 2. The van der Waals surface area contributed by atoms with Crippen molar-refractivity contribution in [3.8, 4) is 0 Å². The Kier molecular flexibility index (Phi) is 1.87. The summed E-state index contributed by atoms with van der Waals surface area (Å²) >= 11 is 0. The van der Waals surface area contributed by atoms with E-state index < -0.39 is 0 Å². The van der Waals surface area contributed by atoms with Gasteiger partial charge < -0.3 is 5.32 Å². The summed E-state index contributed by atoms with van der Waals surface area (Å²) in [5.74, 6) is 0.632. The molecule has 1 saturated heterocycles. The molecule has 0 aromatic carbocycles. The Hall–Kier alpha value is -0.830. The Morgan fingerprint density at radius 1 is 1.50 bits per heavy atom. The molecular weight excluding hydrogens is 174 g/mol. The fourth-order valence-electron chi connectivity index (χ4n) is 3.08. The van der Waals surface area contributed by atoms with Gasteiger partial charge in [-0.1, -0.05) is 6.92 Å². The first kappa shape index (κ1) is 8.48. The molecule has 76 valence electrons. The van der Waals surface area contributed by atoms with Crippen molar-refractivity contribution >= 4 is 0 Å². The molecule has 0 aliphatic carbocycles. The van der Waals surface area contributed by atoms with Gasteiger partial charge >= 0.3 is 0 Å². The Morgan fingerprint density at radius 2 is 2.43 bits per heavy atom. The van der Waals surface area contributed by atoms with Crippen molar-refractivity contribution in [1.82, 2.24) is 15.5 Å². The van der Waals surface area contributed by atoms with Gasteiger partial charge in [0.1, 0.15) is 0 Å². The van der Waals surface area contributed by atoms with Crippen LogP contribution >= 0.6 is 0 Å². The number of fused-ring (bicyclic) bond motifs is 4. The molecular formula is C11H17N3. The number of hydrogen-bond donors (Lipinski definition) is 2. The zero-order valence-corrected chi connectivity index (χ0v) is 8.59. The summed E-state index contributed by atoms with van der Waals surface area (Å²) in [5.41, 5.74) is 2.76. The van der Waals surface area contributed by atoms with Crippen LogP contribution in [0.5, 0.6) is 0 Å². The minimum atomic E-state index is 0.574. The smallest absolute Gasteiger partial charge is 0.0716 e. The van der Waals surface area contributed by atoms with Gasteiger partial charge in [0.05, 0.1) is 5.69 Å². The summed E-state index contributed by atoms with van der Waals surface area (Å²) in [6.07, 6.45) is 7.24. The van der Waals surface area contributed by atoms with Crippen LogP contribution in [-0.2, 0) is 0 Å². The fourth-order valence-corrected chi connectivity index (χ4v) is 3.08. The van der Waals surface area contributed by atoms with Crippen molar-refractivity contribution in [1.29, 1.82) is 0 Å². The molecule has 0 amide bonds. The molecule has 2 N–H and O–H groups in total. The molecule has 3 heteroatoms. The summed E-state index contributed by atoms with van der Waals surface area (Å²) in [5, 5.41) is 11.2. The van der Waals surface area contributed by atoms with Crippen LogP contribution < -0.4 is 5.32 Å². The molecule has 2 bridgehead atoms. The lowest BCUT2D eigenvalue weighted by atomic mass is 9.77. The number of aromatic amines is 1. The Morgan fingerprint density at radius 3 is 3.29 bits per heavy atom. The molecule has 3 rings (SSSR count). The molecule has 1 fully saturated rings. The maximum atomic E-state index is 4.43. The van der Waals surface area contributed by atoms with Crippen LogP contribution in [-0.4, -0.2) is 16.2 Å².